The average Bonchev–Trinajstić information content (AvgIpc) is 2.95. The Morgan fingerprint density at radius 2 is 2.04 bits per heavy atom. The third-order valence-electron chi connectivity index (χ3n) is 4.40. The summed E-state index contributed by atoms with van der Waals surface area (Å²) in [5.41, 5.74) is -1.66. The first-order chi connectivity index (χ1) is 13.2. The Morgan fingerprint density at radius 3 is 2.71 bits per heavy atom. The van der Waals surface area contributed by atoms with Crippen molar-refractivity contribution in [3.8, 4) is 0 Å². The lowest BCUT2D eigenvalue weighted by atomic mass is 10.0. The first-order valence-corrected chi connectivity index (χ1v) is 9.78. The van der Waals surface area contributed by atoms with E-state index in [1.807, 2.05) is 0 Å². The molecule has 148 valence electrons. The number of nitrogens with one attached hydrogen (secondary N) is 1. The first-order valence-electron chi connectivity index (χ1n) is 8.23. The van der Waals surface area contributed by atoms with Crippen LogP contribution in [-0.2, 0) is 26.8 Å². The summed E-state index contributed by atoms with van der Waals surface area (Å²) in [6.07, 6.45) is -0.171. The van der Waals surface area contributed by atoms with Crippen LogP contribution in [0.15, 0.2) is 47.4 Å². The molecule has 0 radical (unpaired) electrons. The molecule has 1 saturated heterocycles. The fraction of sp³-hybridized carbons (Fsp3) is 0.222. The van der Waals surface area contributed by atoms with Crippen LogP contribution in [0.25, 0.3) is 0 Å². The van der Waals surface area contributed by atoms with Crippen molar-refractivity contribution in [1.82, 2.24) is 5.32 Å². The molecular formula is C18H16ClFN2O5S. The maximum absolute atomic E-state index is 13.4. The summed E-state index contributed by atoms with van der Waals surface area (Å²) >= 11 is 5.76. The second-order valence-corrected chi connectivity index (χ2v) is 7.77. The van der Waals surface area contributed by atoms with E-state index < -0.39 is 33.9 Å². The Morgan fingerprint density at radius 1 is 1.29 bits per heavy atom. The highest BCUT2D eigenvalue weighted by molar-refractivity contribution is 7.72. The number of halogens is 2. The molecule has 0 aliphatic carbocycles. The number of aliphatic hydroxyl groups is 1. The van der Waals surface area contributed by atoms with Gasteiger partial charge in [0, 0.05) is 30.2 Å². The van der Waals surface area contributed by atoms with E-state index in [2.05, 4.69) is 5.32 Å². The lowest BCUT2D eigenvalue weighted by molar-refractivity contribution is -0.149. The highest BCUT2D eigenvalue weighted by Crippen LogP contribution is 2.29. The van der Waals surface area contributed by atoms with Crippen LogP contribution in [0.3, 0.4) is 0 Å². The van der Waals surface area contributed by atoms with E-state index in [0.29, 0.717) is 5.56 Å². The molecule has 3 rings (SSSR count). The number of nitrogens with zero attached hydrogens (tertiary/aromatic N) is 1. The number of amides is 2. The number of anilines is 1. The first kappa shape index (κ1) is 20.2. The Bertz CT molecular complexity index is 1000. The van der Waals surface area contributed by atoms with Gasteiger partial charge in [-0.3, -0.25) is 9.59 Å². The molecule has 0 saturated carbocycles. The third kappa shape index (κ3) is 4.01. The summed E-state index contributed by atoms with van der Waals surface area (Å²) in [5, 5.41) is 13.2. The molecule has 0 aromatic heterocycles. The van der Waals surface area contributed by atoms with E-state index in [1.165, 1.54) is 36.4 Å². The van der Waals surface area contributed by atoms with Gasteiger partial charge in [-0.25, -0.2) is 12.8 Å². The van der Waals surface area contributed by atoms with Crippen LogP contribution in [-0.4, -0.2) is 37.5 Å². The molecule has 0 spiro atoms. The van der Waals surface area contributed by atoms with Gasteiger partial charge in [0.05, 0.1) is 4.90 Å². The average molecular weight is 427 g/mol. The van der Waals surface area contributed by atoms with Crippen LogP contribution in [0.1, 0.15) is 12.0 Å². The topological polar surface area (TPSA) is 104 Å². The largest absolute Gasteiger partial charge is 0.372 e. The smallest absolute Gasteiger partial charge is 0.268 e. The molecule has 1 heterocycles. The van der Waals surface area contributed by atoms with E-state index in [0.717, 1.165) is 11.0 Å². The standard InChI is InChI=1S/C18H16ClFN2O5S/c19-12-6-11(7-13(20)8-12)10-21-16(23)18(25)4-5-22(17(18)24)14-2-1-3-15(9-14)28(26)27/h1-3,6-9,25,28H,4-5,10H2,(H,21,23)/t18-/m0/s1. The van der Waals surface area contributed by atoms with Gasteiger partial charge in [0.25, 0.3) is 11.8 Å². The minimum absolute atomic E-state index is 0.0168. The Hall–Kier alpha value is -2.49. The molecule has 1 aliphatic rings. The zero-order valence-electron chi connectivity index (χ0n) is 14.4. The van der Waals surface area contributed by atoms with Crippen molar-refractivity contribution in [2.24, 2.45) is 0 Å². The number of carbonyl (C=O) groups is 2. The number of rotatable bonds is 5. The zero-order chi connectivity index (χ0) is 20.5. The summed E-state index contributed by atoms with van der Waals surface area (Å²) in [6, 6.07) is 9.39. The maximum Gasteiger partial charge on any atom is 0.268 e. The molecule has 2 aromatic carbocycles. The lowest BCUT2D eigenvalue weighted by Gasteiger charge is -2.22. The highest BCUT2D eigenvalue weighted by Gasteiger charge is 2.51. The highest BCUT2D eigenvalue weighted by atomic mass is 35.5. The van der Waals surface area contributed by atoms with Crippen LogP contribution < -0.4 is 10.2 Å². The second-order valence-electron chi connectivity index (χ2n) is 6.30. The van der Waals surface area contributed by atoms with Gasteiger partial charge < -0.3 is 15.3 Å². The van der Waals surface area contributed by atoms with Crippen LogP contribution in [0, 0.1) is 5.82 Å². The molecule has 1 fully saturated rings. The second kappa shape index (κ2) is 7.86. The number of benzene rings is 2. The van der Waals surface area contributed by atoms with Crippen molar-refractivity contribution in [2.45, 2.75) is 23.5 Å². The van der Waals surface area contributed by atoms with Gasteiger partial charge in [-0.05, 0) is 42.0 Å². The number of hydrogen-bond acceptors (Lipinski definition) is 5. The van der Waals surface area contributed by atoms with Crippen molar-refractivity contribution < 1.29 is 27.5 Å². The van der Waals surface area contributed by atoms with Gasteiger partial charge in [0.1, 0.15) is 5.82 Å². The van der Waals surface area contributed by atoms with Gasteiger partial charge in [-0.2, -0.15) is 0 Å². The summed E-state index contributed by atoms with van der Waals surface area (Å²) in [5.74, 6) is -2.36. The Kier molecular flexibility index (Phi) is 5.69. The summed E-state index contributed by atoms with van der Waals surface area (Å²) < 4.78 is 35.6. The molecule has 28 heavy (non-hydrogen) atoms. The molecule has 0 unspecified atom stereocenters. The molecule has 7 nitrogen and oxygen atoms in total. The van der Waals surface area contributed by atoms with E-state index in [1.54, 1.807) is 0 Å². The number of hydrogen-bond donors (Lipinski definition) is 3. The van der Waals surface area contributed by atoms with Gasteiger partial charge in [-0.1, -0.05) is 17.7 Å². The molecular weight excluding hydrogens is 411 g/mol. The minimum atomic E-state index is -2.83. The van der Waals surface area contributed by atoms with Gasteiger partial charge in [0.2, 0.25) is 5.60 Å². The summed E-state index contributed by atoms with van der Waals surface area (Å²) in [7, 11) is -2.83. The fourth-order valence-corrected chi connectivity index (χ4v) is 3.67. The predicted molar refractivity (Wildman–Crippen MR) is 100 cm³/mol. The maximum atomic E-state index is 13.4. The Labute approximate surface area is 166 Å². The normalized spacial score (nSPS) is 19.3. The van der Waals surface area contributed by atoms with E-state index >= 15 is 0 Å². The molecule has 1 aliphatic heterocycles. The van der Waals surface area contributed by atoms with E-state index in [-0.39, 0.29) is 35.1 Å². The predicted octanol–water partition coefficient (Wildman–Crippen LogP) is 1.23. The summed E-state index contributed by atoms with van der Waals surface area (Å²) in [6.45, 7) is -0.0916. The van der Waals surface area contributed by atoms with Crippen molar-refractivity contribution in [3.63, 3.8) is 0 Å². The molecule has 2 amide bonds. The third-order valence-corrected chi connectivity index (χ3v) is 5.32. The van der Waals surface area contributed by atoms with Gasteiger partial charge in [0.15, 0.2) is 10.7 Å². The molecule has 2 N–H and O–H groups in total. The molecule has 10 heteroatoms. The van der Waals surface area contributed by atoms with Crippen molar-refractivity contribution in [1.29, 1.82) is 0 Å². The van der Waals surface area contributed by atoms with Crippen molar-refractivity contribution >= 4 is 39.8 Å². The summed E-state index contributed by atoms with van der Waals surface area (Å²) in [4.78, 5) is 26.3. The van der Waals surface area contributed by atoms with Crippen molar-refractivity contribution in [2.75, 3.05) is 11.4 Å². The van der Waals surface area contributed by atoms with Gasteiger partial charge >= 0.3 is 0 Å². The van der Waals surface area contributed by atoms with Gasteiger partial charge in [-0.15, -0.1) is 0 Å². The number of thiol groups is 1. The van der Waals surface area contributed by atoms with Crippen LogP contribution in [0.5, 0.6) is 0 Å². The fourth-order valence-electron chi connectivity index (χ4n) is 2.98. The zero-order valence-corrected chi connectivity index (χ0v) is 16.0. The number of carbonyl (C=O) groups excluding carboxylic acids is 2. The van der Waals surface area contributed by atoms with Crippen molar-refractivity contribution in [3.05, 3.63) is 58.9 Å². The lowest BCUT2D eigenvalue weighted by Crippen LogP contribution is -2.52. The monoisotopic (exact) mass is 426 g/mol. The van der Waals surface area contributed by atoms with E-state index in [4.69, 9.17) is 11.6 Å². The molecule has 0 bridgehead atoms. The van der Waals surface area contributed by atoms with E-state index in [9.17, 15) is 27.5 Å². The molecule has 2 aromatic rings. The SMILES string of the molecule is O=C(NCc1cc(F)cc(Cl)c1)[C@@]1(O)CCN(c2cccc([SH](=O)=O)c2)C1=O. The Balaban J connectivity index is 1.74. The van der Waals surface area contributed by atoms with Crippen LogP contribution >= 0.6 is 11.6 Å². The quantitative estimate of drug-likeness (QED) is 0.493. The van der Waals surface area contributed by atoms with Crippen LogP contribution in [0.2, 0.25) is 5.02 Å². The molecule has 1 atom stereocenters. The minimum Gasteiger partial charge on any atom is -0.372 e. The van der Waals surface area contributed by atoms with Crippen LogP contribution in [0.4, 0.5) is 10.1 Å².